The number of ether oxygens (including phenoxy) is 2. The molecule has 114 valence electrons. The number of rotatable bonds is 10. The van der Waals surface area contributed by atoms with Crippen LogP contribution in [-0.4, -0.2) is 26.4 Å². The van der Waals surface area contributed by atoms with Gasteiger partial charge in [0.25, 0.3) is 0 Å². The van der Waals surface area contributed by atoms with Gasteiger partial charge in [-0.3, -0.25) is 0 Å². The van der Waals surface area contributed by atoms with Gasteiger partial charge in [-0.15, -0.1) is 11.3 Å². The Morgan fingerprint density at radius 3 is 2.62 bits per heavy atom. The van der Waals surface area contributed by atoms with Crippen LogP contribution in [0.1, 0.15) is 17.4 Å². The standard InChI is InChI=1S/C17H23NO2S/c1-2-18-14-15-5-7-16(8-6-15)20-12-11-19-10-9-17-4-3-13-21-17/h3-8,13,18H,2,9-12,14H2,1H3. The second-order valence-corrected chi connectivity index (χ2v) is 5.75. The summed E-state index contributed by atoms with van der Waals surface area (Å²) in [6, 6.07) is 12.4. The van der Waals surface area contributed by atoms with Crippen molar-refractivity contribution in [2.24, 2.45) is 0 Å². The molecule has 0 fully saturated rings. The van der Waals surface area contributed by atoms with Crippen molar-refractivity contribution in [3.8, 4) is 5.75 Å². The Balaban J connectivity index is 1.55. The van der Waals surface area contributed by atoms with Crippen LogP contribution in [0.4, 0.5) is 0 Å². The lowest BCUT2D eigenvalue weighted by Crippen LogP contribution is -2.11. The molecule has 0 radical (unpaired) electrons. The van der Waals surface area contributed by atoms with Gasteiger partial charge >= 0.3 is 0 Å². The van der Waals surface area contributed by atoms with Gasteiger partial charge < -0.3 is 14.8 Å². The maximum atomic E-state index is 5.66. The van der Waals surface area contributed by atoms with Gasteiger partial charge in [0.15, 0.2) is 0 Å². The van der Waals surface area contributed by atoms with E-state index in [0.29, 0.717) is 13.2 Å². The summed E-state index contributed by atoms with van der Waals surface area (Å²) in [5, 5.41) is 5.40. The van der Waals surface area contributed by atoms with Crippen molar-refractivity contribution in [1.82, 2.24) is 5.32 Å². The summed E-state index contributed by atoms with van der Waals surface area (Å²) in [4.78, 5) is 1.37. The fraction of sp³-hybridized carbons (Fsp3) is 0.412. The average Bonchev–Trinajstić information content (AvgIpc) is 3.03. The van der Waals surface area contributed by atoms with Crippen molar-refractivity contribution in [2.45, 2.75) is 19.9 Å². The molecule has 0 atom stereocenters. The van der Waals surface area contributed by atoms with Gasteiger partial charge in [0.1, 0.15) is 12.4 Å². The van der Waals surface area contributed by atoms with Crippen molar-refractivity contribution < 1.29 is 9.47 Å². The van der Waals surface area contributed by atoms with Crippen LogP contribution >= 0.6 is 11.3 Å². The Hall–Kier alpha value is -1.36. The summed E-state index contributed by atoms with van der Waals surface area (Å²) in [5.41, 5.74) is 1.27. The minimum atomic E-state index is 0.594. The number of hydrogen-bond acceptors (Lipinski definition) is 4. The third-order valence-corrected chi connectivity index (χ3v) is 4.01. The van der Waals surface area contributed by atoms with Crippen molar-refractivity contribution in [1.29, 1.82) is 0 Å². The van der Waals surface area contributed by atoms with Crippen LogP contribution in [0.15, 0.2) is 41.8 Å². The Kier molecular flexibility index (Phi) is 7.29. The lowest BCUT2D eigenvalue weighted by molar-refractivity contribution is 0.103. The van der Waals surface area contributed by atoms with E-state index in [1.807, 2.05) is 12.1 Å². The second-order valence-electron chi connectivity index (χ2n) is 4.71. The molecule has 0 aliphatic rings. The number of benzene rings is 1. The molecule has 1 N–H and O–H groups in total. The molecule has 1 heterocycles. The highest BCUT2D eigenvalue weighted by Crippen LogP contribution is 2.12. The molecule has 0 aliphatic heterocycles. The van der Waals surface area contributed by atoms with E-state index in [2.05, 4.69) is 41.9 Å². The van der Waals surface area contributed by atoms with E-state index in [1.54, 1.807) is 11.3 Å². The molecule has 0 bridgehead atoms. The summed E-state index contributed by atoms with van der Waals surface area (Å²) in [7, 11) is 0. The van der Waals surface area contributed by atoms with Gasteiger partial charge in [-0.1, -0.05) is 25.1 Å². The number of thiophene rings is 1. The van der Waals surface area contributed by atoms with E-state index in [4.69, 9.17) is 9.47 Å². The first-order valence-electron chi connectivity index (χ1n) is 7.41. The molecular formula is C17H23NO2S. The lowest BCUT2D eigenvalue weighted by atomic mass is 10.2. The molecule has 2 rings (SSSR count). The first kappa shape index (κ1) is 16.0. The van der Waals surface area contributed by atoms with Crippen LogP contribution in [0.2, 0.25) is 0 Å². The lowest BCUT2D eigenvalue weighted by Gasteiger charge is -2.08. The maximum Gasteiger partial charge on any atom is 0.119 e. The Morgan fingerprint density at radius 1 is 1.05 bits per heavy atom. The van der Waals surface area contributed by atoms with Gasteiger partial charge in [0.05, 0.1) is 13.2 Å². The summed E-state index contributed by atoms with van der Waals surface area (Å²) < 4.78 is 11.2. The fourth-order valence-electron chi connectivity index (χ4n) is 1.92. The Bertz CT molecular complexity index is 482. The minimum absolute atomic E-state index is 0.594. The van der Waals surface area contributed by atoms with E-state index in [1.165, 1.54) is 10.4 Å². The molecule has 2 aromatic rings. The molecule has 0 amide bonds. The van der Waals surface area contributed by atoms with E-state index in [-0.39, 0.29) is 0 Å². The van der Waals surface area contributed by atoms with Crippen molar-refractivity contribution in [3.63, 3.8) is 0 Å². The first-order chi connectivity index (χ1) is 10.4. The van der Waals surface area contributed by atoms with E-state index >= 15 is 0 Å². The molecule has 1 aromatic heterocycles. The SMILES string of the molecule is CCNCc1ccc(OCCOCCc2cccs2)cc1. The Labute approximate surface area is 130 Å². The van der Waals surface area contributed by atoms with Crippen LogP contribution in [-0.2, 0) is 17.7 Å². The number of nitrogens with one attached hydrogen (secondary N) is 1. The van der Waals surface area contributed by atoms with Gasteiger partial charge in [0.2, 0.25) is 0 Å². The fourth-order valence-corrected chi connectivity index (χ4v) is 2.61. The highest BCUT2D eigenvalue weighted by molar-refractivity contribution is 7.09. The van der Waals surface area contributed by atoms with E-state index in [0.717, 1.165) is 31.9 Å². The van der Waals surface area contributed by atoms with Gasteiger partial charge in [-0.05, 0) is 35.7 Å². The summed E-state index contributed by atoms with van der Waals surface area (Å²) in [6.45, 7) is 5.98. The molecule has 3 nitrogen and oxygen atoms in total. The van der Waals surface area contributed by atoms with Crippen molar-refractivity contribution >= 4 is 11.3 Å². The zero-order chi connectivity index (χ0) is 14.8. The zero-order valence-corrected chi connectivity index (χ0v) is 13.3. The van der Waals surface area contributed by atoms with Crippen molar-refractivity contribution in [2.75, 3.05) is 26.4 Å². The van der Waals surface area contributed by atoms with Crippen LogP contribution in [0.25, 0.3) is 0 Å². The predicted molar refractivity (Wildman–Crippen MR) is 88.2 cm³/mol. The molecule has 0 unspecified atom stereocenters. The smallest absolute Gasteiger partial charge is 0.119 e. The Morgan fingerprint density at radius 2 is 1.90 bits per heavy atom. The van der Waals surface area contributed by atoms with E-state index < -0.39 is 0 Å². The quantitative estimate of drug-likeness (QED) is 0.682. The summed E-state index contributed by atoms with van der Waals surface area (Å²) in [6.07, 6.45) is 0.983. The third kappa shape index (κ3) is 6.29. The monoisotopic (exact) mass is 305 g/mol. The van der Waals surface area contributed by atoms with Crippen molar-refractivity contribution in [3.05, 3.63) is 52.2 Å². The summed E-state index contributed by atoms with van der Waals surface area (Å²) >= 11 is 1.77. The summed E-state index contributed by atoms with van der Waals surface area (Å²) in [5.74, 6) is 0.900. The topological polar surface area (TPSA) is 30.5 Å². The minimum Gasteiger partial charge on any atom is -0.491 e. The molecule has 0 aliphatic carbocycles. The molecule has 0 saturated heterocycles. The average molecular weight is 305 g/mol. The molecule has 0 saturated carbocycles. The van der Waals surface area contributed by atoms with Crippen LogP contribution in [0.5, 0.6) is 5.75 Å². The largest absolute Gasteiger partial charge is 0.491 e. The highest BCUT2D eigenvalue weighted by Gasteiger charge is 1.97. The predicted octanol–water partition coefficient (Wildman–Crippen LogP) is 3.50. The second kappa shape index (κ2) is 9.55. The highest BCUT2D eigenvalue weighted by atomic mass is 32.1. The molecular weight excluding hydrogens is 282 g/mol. The maximum absolute atomic E-state index is 5.66. The molecule has 4 heteroatoms. The normalized spacial score (nSPS) is 10.7. The molecule has 0 spiro atoms. The molecule has 1 aromatic carbocycles. The van der Waals surface area contributed by atoms with E-state index in [9.17, 15) is 0 Å². The van der Waals surface area contributed by atoms with Gasteiger partial charge in [-0.2, -0.15) is 0 Å². The third-order valence-electron chi connectivity index (χ3n) is 3.07. The van der Waals surface area contributed by atoms with Gasteiger partial charge in [-0.25, -0.2) is 0 Å². The zero-order valence-electron chi connectivity index (χ0n) is 12.5. The van der Waals surface area contributed by atoms with Crippen LogP contribution < -0.4 is 10.1 Å². The molecule has 21 heavy (non-hydrogen) atoms. The number of hydrogen-bond donors (Lipinski definition) is 1. The van der Waals surface area contributed by atoms with Gasteiger partial charge in [0, 0.05) is 17.8 Å². The van der Waals surface area contributed by atoms with Crippen LogP contribution in [0.3, 0.4) is 0 Å². The first-order valence-corrected chi connectivity index (χ1v) is 8.29. The van der Waals surface area contributed by atoms with Crippen LogP contribution in [0, 0.1) is 0 Å².